The number of nitrogens with two attached hydrogens (primary N) is 1. The first-order valence-corrected chi connectivity index (χ1v) is 4.69. The molecular weight excluding hydrogens is 166 g/mol. The first-order valence-electron chi connectivity index (χ1n) is 4.69. The third-order valence-electron chi connectivity index (χ3n) is 2.53. The molecule has 74 valence electrons. The molecule has 0 bridgehead atoms. The van der Waals surface area contributed by atoms with Crippen molar-refractivity contribution >= 4 is 0 Å². The molecular formula is C9H17N3O. The Kier molecular flexibility index (Phi) is 3.03. The SMILES string of the molecule is CCc1noc(C(C)(CC)CN)n1. The van der Waals surface area contributed by atoms with E-state index < -0.39 is 0 Å². The second-order valence-corrected chi connectivity index (χ2v) is 3.49. The van der Waals surface area contributed by atoms with E-state index >= 15 is 0 Å². The highest BCUT2D eigenvalue weighted by atomic mass is 16.5. The predicted molar refractivity (Wildman–Crippen MR) is 50.4 cm³/mol. The Morgan fingerprint density at radius 1 is 1.46 bits per heavy atom. The maximum atomic E-state index is 5.67. The van der Waals surface area contributed by atoms with Crippen molar-refractivity contribution in [3.63, 3.8) is 0 Å². The van der Waals surface area contributed by atoms with E-state index in [0.29, 0.717) is 12.4 Å². The smallest absolute Gasteiger partial charge is 0.233 e. The fourth-order valence-corrected chi connectivity index (χ4v) is 1.03. The van der Waals surface area contributed by atoms with E-state index in [4.69, 9.17) is 10.3 Å². The molecule has 0 amide bonds. The van der Waals surface area contributed by atoms with Crippen LogP contribution in [0.15, 0.2) is 4.52 Å². The molecule has 0 aliphatic carbocycles. The number of nitrogens with zero attached hydrogens (tertiary/aromatic N) is 2. The van der Waals surface area contributed by atoms with Gasteiger partial charge in [-0.25, -0.2) is 0 Å². The van der Waals surface area contributed by atoms with Gasteiger partial charge in [0.2, 0.25) is 5.89 Å². The summed E-state index contributed by atoms with van der Waals surface area (Å²) in [5.41, 5.74) is 5.51. The summed E-state index contributed by atoms with van der Waals surface area (Å²) in [5.74, 6) is 1.41. The second kappa shape index (κ2) is 3.87. The molecule has 4 nitrogen and oxygen atoms in total. The van der Waals surface area contributed by atoms with Gasteiger partial charge in [-0.1, -0.05) is 19.0 Å². The maximum absolute atomic E-state index is 5.67. The zero-order chi connectivity index (χ0) is 9.90. The topological polar surface area (TPSA) is 64.9 Å². The van der Waals surface area contributed by atoms with Crippen LogP contribution in [0.5, 0.6) is 0 Å². The van der Waals surface area contributed by atoms with Gasteiger partial charge in [0, 0.05) is 13.0 Å². The first-order chi connectivity index (χ1) is 6.16. The van der Waals surface area contributed by atoms with E-state index in [1.165, 1.54) is 0 Å². The summed E-state index contributed by atoms with van der Waals surface area (Å²) >= 11 is 0. The van der Waals surface area contributed by atoms with Gasteiger partial charge in [0.1, 0.15) is 0 Å². The van der Waals surface area contributed by atoms with Crippen LogP contribution >= 0.6 is 0 Å². The average Bonchev–Trinajstić information content (AvgIpc) is 2.65. The fraction of sp³-hybridized carbons (Fsp3) is 0.778. The largest absolute Gasteiger partial charge is 0.339 e. The zero-order valence-electron chi connectivity index (χ0n) is 8.50. The van der Waals surface area contributed by atoms with Gasteiger partial charge in [-0.05, 0) is 13.3 Å². The van der Waals surface area contributed by atoms with E-state index in [9.17, 15) is 0 Å². The van der Waals surface area contributed by atoms with Crippen molar-refractivity contribution in [2.75, 3.05) is 6.54 Å². The Hall–Kier alpha value is -0.900. The minimum Gasteiger partial charge on any atom is -0.339 e. The van der Waals surface area contributed by atoms with Crippen molar-refractivity contribution in [2.45, 2.75) is 39.0 Å². The third kappa shape index (κ3) is 1.88. The molecule has 0 spiro atoms. The van der Waals surface area contributed by atoms with Gasteiger partial charge in [0.25, 0.3) is 0 Å². The number of rotatable bonds is 4. The van der Waals surface area contributed by atoms with Crippen LogP contribution in [0, 0.1) is 0 Å². The fourth-order valence-electron chi connectivity index (χ4n) is 1.03. The van der Waals surface area contributed by atoms with Gasteiger partial charge in [-0.15, -0.1) is 0 Å². The Balaban J connectivity index is 2.91. The molecule has 1 aromatic rings. The van der Waals surface area contributed by atoms with E-state index in [-0.39, 0.29) is 5.41 Å². The lowest BCUT2D eigenvalue weighted by Gasteiger charge is -2.20. The Bertz CT molecular complexity index is 266. The van der Waals surface area contributed by atoms with E-state index in [1.807, 2.05) is 13.8 Å². The van der Waals surface area contributed by atoms with Crippen molar-refractivity contribution in [1.82, 2.24) is 10.1 Å². The summed E-state index contributed by atoms with van der Waals surface area (Å²) in [6, 6.07) is 0. The van der Waals surface area contributed by atoms with Gasteiger partial charge in [-0.2, -0.15) is 4.98 Å². The average molecular weight is 183 g/mol. The molecule has 0 aliphatic rings. The van der Waals surface area contributed by atoms with Gasteiger partial charge in [0.15, 0.2) is 5.82 Å². The molecule has 1 unspecified atom stereocenters. The van der Waals surface area contributed by atoms with Gasteiger partial charge >= 0.3 is 0 Å². The van der Waals surface area contributed by atoms with Crippen molar-refractivity contribution in [1.29, 1.82) is 0 Å². The van der Waals surface area contributed by atoms with E-state index in [2.05, 4.69) is 17.1 Å². The van der Waals surface area contributed by atoms with Crippen LogP contribution in [-0.4, -0.2) is 16.7 Å². The quantitative estimate of drug-likeness (QED) is 0.763. The first kappa shape index (κ1) is 10.2. The molecule has 0 radical (unpaired) electrons. The molecule has 4 heteroatoms. The lowest BCUT2D eigenvalue weighted by atomic mass is 9.88. The minimum absolute atomic E-state index is 0.166. The van der Waals surface area contributed by atoms with E-state index in [1.54, 1.807) is 0 Å². The van der Waals surface area contributed by atoms with Crippen molar-refractivity contribution in [3.8, 4) is 0 Å². The number of hydrogen-bond donors (Lipinski definition) is 1. The van der Waals surface area contributed by atoms with Crippen molar-refractivity contribution < 1.29 is 4.52 Å². The lowest BCUT2D eigenvalue weighted by Crippen LogP contribution is -2.31. The molecule has 1 rings (SSSR count). The molecule has 0 fully saturated rings. The zero-order valence-corrected chi connectivity index (χ0v) is 8.50. The van der Waals surface area contributed by atoms with Crippen LogP contribution in [0.3, 0.4) is 0 Å². The predicted octanol–water partition coefficient (Wildman–Crippen LogP) is 1.26. The summed E-state index contributed by atoms with van der Waals surface area (Å²) < 4.78 is 5.16. The molecule has 13 heavy (non-hydrogen) atoms. The van der Waals surface area contributed by atoms with Crippen LogP contribution < -0.4 is 5.73 Å². The Morgan fingerprint density at radius 3 is 2.54 bits per heavy atom. The van der Waals surface area contributed by atoms with Gasteiger partial charge in [-0.3, -0.25) is 0 Å². The van der Waals surface area contributed by atoms with Crippen LogP contribution in [0.2, 0.25) is 0 Å². The Labute approximate surface area is 78.5 Å². The summed E-state index contributed by atoms with van der Waals surface area (Å²) in [5, 5.41) is 3.86. The van der Waals surface area contributed by atoms with Crippen molar-refractivity contribution in [3.05, 3.63) is 11.7 Å². The summed E-state index contributed by atoms with van der Waals surface area (Å²) in [6.45, 7) is 6.65. The van der Waals surface area contributed by atoms with E-state index in [0.717, 1.165) is 18.7 Å². The molecule has 0 saturated carbocycles. The highest BCUT2D eigenvalue weighted by molar-refractivity contribution is 5.03. The molecule has 1 atom stereocenters. The van der Waals surface area contributed by atoms with Crippen LogP contribution in [-0.2, 0) is 11.8 Å². The van der Waals surface area contributed by atoms with Gasteiger partial charge < -0.3 is 10.3 Å². The molecule has 1 aromatic heterocycles. The van der Waals surface area contributed by atoms with Crippen LogP contribution in [0.25, 0.3) is 0 Å². The molecule has 0 aliphatic heterocycles. The van der Waals surface area contributed by atoms with Gasteiger partial charge in [0.05, 0.1) is 5.41 Å². The summed E-state index contributed by atoms with van der Waals surface area (Å²) in [6.07, 6.45) is 1.71. The Morgan fingerprint density at radius 2 is 2.15 bits per heavy atom. The molecule has 0 aromatic carbocycles. The normalized spacial score (nSPS) is 15.7. The number of hydrogen-bond acceptors (Lipinski definition) is 4. The monoisotopic (exact) mass is 183 g/mol. The van der Waals surface area contributed by atoms with Crippen molar-refractivity contribution in [2.24, 2.45) is 5.73 Å². The minimum atomic E-state index is -0.166. The molecule has 2 N–H and O–H groups in total. The lowest BCUT2D eigenvalue weighted by molar-refractivity contribution is 0.289. The highest BCUT2D eigenvalue weighted by Gasteiger charge is 2.29. The van der Waals surface area contributed by atoms with Crippen LogP contribution in [0.1, 0.15) is 38.9 Å². The summed E-state index contributed by atoms with van der Waals surface area (Å²) in [7, 11) is 0. The standard InChI is InChI=1S/C9H17N3O/c1-4-7-11-8(13-12-7)9(3,5-2)6-10/h4-6,10H2,1-3H3. The molecule has 0 saturated heterocycles. The highest BCUT2D eigenvalue weighted by Crippen LogP contribution is 2.24. The molecule has 1 heterocycles. The summed E-state index contributed by atoms with van der Waals surface area (Å²) in [4.78, 5) is 4.28. The number of aryl methyl sites for hydroxylation is 1. The number of aromatic nitrogens is 2. The second-order valence-electron chi connectivity index (χ2n) is 3.49. The maximum Gasteiger partial charge on any atom is 0.233 e. The third-order valence-corrected chi connectivity index (χ3v) is 2.53. The van der Waals surface area contributed by atoms with Crippen LogP contribution in [0.4, 0.5) is 0 Å².